The summed E-state index contributed by atoms with van der Waals surface area (Å²) in [5, 5.41) is 0. The molecule has 0 saturated carbocycles. The number of halogens is 3. The molecule has 154 valence electrons. The van der Waals surface area contributed by atoms with Crippen LogP contribution in [0.4, 0.5) is 18.9 Å². The van der Waals surface area contributed by atoms with Crippen LogP contribution in [0.25, 0.3) is 0 Å². The molecule has 0 fully saturated rings. The Morgan fingerprint density at radius 3 is 2.53 bits per heavy atom. The lowest BCUT2D eigenvalue weighted by atomic mass is 9.77. The van der Waals surface area contributed by atoms with Crippen LogP contribution in [0.2, 0.25) is 0 Å². The number of alkyl halides is 3. The van der Waals surface area contributed by atoms with Gasteiger partial charge in [0.05, 0.1) is 12.0 Å². The molecule has 4 nitrogen and oxygen atoms in total. The number of para-hydroxylation sites is 1. The van der Waals surface area contributed by atoms with Crippen molar-refractivity contribution in [3.8, 4) is 17.2 Å². The predicted octanol–water partition coefficient (Wildman–Crippen LogP) is 5.19. The molecule has 1 aromatic heterocycles. The average Bonchev–Trinajstić information content (AvgIpc) is 3.49. The molecular weight excluding hydrogens is 415 g/mol. The van der Waals surface area contributed by atoms with Crippen molar-refractivity contribution >= 4 is 17.0 Å². The standard InChI is InChI=1S/C22H16F3NO3S/c23-22(24,25)20-6-5-13(30-20)9-26-10-21(14-3-1-2-4-16(14)26)11-27-17-8-19-18(7-15(17)21)28-12-29-19/h1-8H,9-12H2. The molecule has 30 heavy (non-hydrogen) atoms. The number of anilines is 1. The zero-order valence-corrected chi connectivity index (χ0v) is 16.5. The summed E-state index contributed by atoms with van der Waals surface area (Å²) in [5.41, 5.74) is 2.78. The van der Waals surface area contributed by atoms with Crippen LogP contribution in [0.5, 0.6) is 17.2 Å². The van der Waals surface area contributed by atoms with Crippen LogP contribution in [0.15, 0.2) is 48.5 Å². The summed E-state index contributed by atoms with van der Waals surface area (Å²) in [4.78, 5) is 2.26. The Balaban J connectivity index is 1.39. The lowest BCUT2D eigenvalue weighted by Gasteiger charge is -2.25. The van der Waals surface area contributed by atoms with Crippen LogP contribution >= 0.6 is 11.3 Å². The Kier molecular flexibility index (Phi) is 3.63. The minimum Gasteiger partial charge on any atom is -0.492 e. The minimum absolute atomic E-state index is 0.188. The molecule has 3 aromatic rings. The van der Waals surface area contributed by atoms with E-state index >= 15 is 0 Å². The van der Waals surface area contributed by atoms with Gasteiger partial charge in [0.25, 0.3) is 0 Å². The van der Waals surface area contributed by atoms with Gasteiger partial charge in [0.1, 0.15) is 17.2 Å². The van der Waals surface area contributed by atoms with Crippen molar-refractivity contribution in [2.24, 2.45) is 0 Å². The highest BCUT2D eigenvalue weighted by molar-refractivity contribution is 7.12. The number of benzene rings is 2. The molecule has 0 N–H and O–H groups in total. The van der Waals surface area contributed by atoms with Crippen molar-refractivity contribution in [1.82, 2.24) is 0 Å². The van der Waals surface area contributed by atoms with Crippen LogP contribution in [0, 0.1) is 0 Å². The molecule has 0 aliphatic carbocycles. The molecule has 2 aromatic carbocycles. The lowest BCUT2D eigenvalue weighted by Crippen LogP contribution is -2.35. The molecular formula is C22H16F3NO3S. The molecule has 8 heteroatoms. The van der Waals surface area contributed by atoms with Gasteiger partial charge in [0.15, 0.2) is 11.5 Å². The van der Waals surface area contributed by atoms with Gasteiger partial charge in [0.2, 0.25) is 6.79 Å². The molecule has 3 aliphatic heterocycles. The smallest absolute Gasteiger partial charge is 0.425 e. The summed E-state index contributed by atoms with van der Waals surface area (Å²) >= 11 is 0.800. The summed E-state index contributed by atoms with van der Waals surface area (Å²) in [7, 11) is 0. The highest BCUT2D eigenvalue weighted by Gasteiger charge is 2.50. The minimum atomic E-state index is -4.31. The quantitative estimate of drug-likeness (QED) is 0.559. The normalized spacial score (nSPS) is 21.1. The first-order valence-corrected chi connectivity index (χ1v) is 10.3. The molecule has 6 rings (SSSR count). The zero-order chi connectivity index (χ0) is 20.5. The van der Waals surface area contributed by atoms with Gasteiger partial charge >= 0.3 is 6.18 Å². The number of hydrogen-bond donors (Lipinski definition) is 0. The van der Waals surface area contributed by atoms with Gasteiger partial charge in [0, 0.05) is 28.7 Å². The molecule has 3 aliphatic rings. The van der Waals surface area contributed by atoms with E-state index in [1.54, 1.807) is 6.07 Å². The van der Waals surface area contributed by atoms with E-state index in [1.165, 1.54) is 0 Å². The van der Waals surface area contributed by atoms with Gasteiger partial charge in [-0.2, -0.15) is 13.2 Å². The predicted molar refractivity (Wildman–Crippen MR) is 106 cm³/mol. The fourth-order valence-electron chi connectivity index (χ4n) is 4.64. The van der Waals surface area contributed by atoms with Crippen molar-refractivity contribution in [3.05, 3.63) is 69.4 Å². The maximum Gasteiger partial charge on any atom is 0.425 e. The monoisotopic (exact) mass is 431 g/mol. The first kappa shape index (κ1) is 17.9. The van der Waals surface area contributed by atoms with E-state index in [9.17, 15) is 13.2 Å². The molecule has 0 bridgehead atoms. The molecule has 1 spiro atoms. The van der Waals surface area contributed by atoms with Crippen molar-refractivity contribution in [1.29, 1.82) is 0 Å². The molecule has 0 radical (unpaired) electrons. The fourth-order valence-corrected chi connectivity index (χ4v) is 5.53. The van der Waals surface area contributed by atoms with Gasteiger partial charge in [-0.05, 0) is 29.8 Å². The topological polar surface area (TPSA) is 30.9 Å². The molecule has 1 atom stereocenters. The average molecular weight is 431 g/mol. The van der Waals surface area contributed by atoms with E-state index in [0.29, 0.717) is 36.1 Å². The Morgan fingerprint density at radius 1 is 0.933 bits per heavy atom. The highest BCUT2D eigenvalue weighted by Crippen LogP contribution is 2.54. The second kappa shape index (κ2) is 6.07. The van der Waals surface area contributed by atoms with Gasteiger partial charge in [-0.1, -0.05) is 18.2 Å². The lowest BCUT2D eigenvalue weighted by molar-refractivity contribution is -0.134. The maximum atomic E-state index is 13.0. The summed E-state index contributed by atoms with van der Waals surface area (Å²) in [6.07, 6.45) is -4.31. The van der Waals surface area contributed by atoms with Crippen LogP contribution in [0.1, 0.15) is 20.9 Å². The van der Waals surface area contributed by atoms with Gasteiger partial charge < -0.3 is 19.1 Å². The van der Waals surface area contributed by atoms with Crippen molar-refractivity contribution < 1.29 is 27.4 Å². The first-order chi connectivity index (χ1) is 14.4. The van der Waals surface area contributed by atoms with E-state index in [-0.39, 0.29) is 6.79 Å². The second-order valence-electron chi connectivity index (χ2n) is 7.71. The number of thiophene rings is 1. The van der Waals surface area contributed by atoms with Gasteiger partial charge in [-0.15, -0.1) is 11.3 Å². The number of fused-ring (bicyclic) bond motifs is 5. The van der Waals surface area contributed by atoms with E-state index in [0.717, 1.165) is 40.0 Å². The summed E-state index contributed by atoms with van der Waals surface area (Å²) in [5.74, 6) is 2.14. The Hall–Kier alpha value is -2.87. The van der Waals surface area contributed by atoms with Crippen molar-refractivity contribution in [3.63, 3.8) is 0 Å². The Bertz CT molecular complexity index is 1160. The Morgan fingerprint density at radius 2 is 1.73 bits per heavy atom. The highest BCUT2D eigenvalue weighted by atomic mass is 32.1. The van der Waals surface area contributed by atoms with E-state index in [4.69, 9.17) is 14.2 Å². The third-order valence-electron chi connectivity index (χ3n) is 5.97. The van der Waals surface area contributed by atoms with Crippen molar-refractivity contribution in [2.45, 2.75) is 18.1 Å². The zero-order valence-electron chi connectivity index (χ0n) is 15.7. The van der Waals surface area contributed by atoms with Crippen LogP contribution < -0.4 is 19.1 Å². The Labute approximate surface area is 174 Å². The third kappa shape index (κ3) is 2.52. The van der Waals surface area contributed by atoms with Gasteiger partial charge in [-0.25, -0.2) is 0 Å². The second-order valence-corrected chi connectivity index (χ2v) is 8.88. The number of nitrogens with zero attached hydrogens (tertiary/aromatic N) is 1. The summed E-state index contributed by atoms with van der Waals surface area (Å²) < 4.78 is 56.2. The fraction of sp³-hybridized carbons (Fsp3) is 0.273. The number of hydrogen-bond acceptors (Lipinski definition) is 5. The summed E-state index contributed by atoms with van der Waals surface area (Å²) in [6.45, 7) is 1.70. The maximum absolute atomic E-state index is 13.0. The first-order valence-electron chi connectivity index (χ1n) is 9.51. The van der Waals surface area contributed by atoms with E-state index < -0.39 is 16.5 Å². The molecule has 1 unspecified atom stereocenters. The van der Waals surface area contributed by atoms with Gasteiger partial charge in [-0.3, -0.25) is 0 Å². The van der Waals surface area contributed by atoms with Crippen LogP contribution in [0.3, 0.4) is 0 Å². The largest absolute Gasteiger partial charge is 0.492 e. The summed E-state index contributed by atoms with van der Waals surface area (Å²) in [6, 6.07) is 14.6. The van der Waals surface area contributed by atoms with E-state index in [1.807, 2.05) is 30.3 Å². The van der Waals surface area contributed by atoms with Crippen LogP contribution in [-0.4, -0.2) is 19.9 Å². The molecule has 0 amide bonds. The van der Waals surface area contributed by atoms with Crippen LogP contribution in [-0.2, 0) is 18.1 Å². The SMILES string of the molecule is FC(F)(F)c1ccc(CN2CC3(COc4cc5c(cc43)OCO5)c3ccccc32)s1. The van der Waals surface area contributed by atoms with E-state index in [2.05, 4.69) is 11.0 Å². The van der Waals surface area contributed by atoms with Crippen molar-refractivity contribution in [2.75, 3.05) is 24.8 Å². The molecule has 0 saturated heterocycles. The molecule has 4 heterocycles. The third-order valence-corrected chi connectivity index (χ3v) is 7.09. The number of rotatable bonds is 2. The number of ether oxygens (including phenoxy) is 3.